The quantitative estimate of drug-likeness (QED) is 0.920. The molecule has 0 saturated heterocycles. The molecule has 2 aliphatic rings. The number of aliphatic hydroxyl groups excluding tert-OH is 1. The zero-order valence-electron chi connectivity index (χ0n) is 11.8. The summed E-state index contributed by atoms with van der Waals surface area (Å²) in [5, 5.41) is 11.1. The Bertz CT molecular complexity index is 426. The molecule has 0 radical (unpaired) electrons. The van der Waals surface area contributed by atoms with E-state index in [1.165, 1.54) is 37.0 Å². The van der Waals surface area contributed by atoms with Crippen molar-refractivity contribution in [2.75, 3.05) is 18.5 Å². The highest BCUT2D eigenvalue weighted by Crippen LogP contribution is 2.37. The van der Waals surface area contributed by atoms with Crippen LogP contribution in [-0.2, 0) is 6.42 Å². The summed E-state index contributed by atoms with van der Waals surface area (Å²) in [5.41, 5.74) is 0.960. The summed E-state index contributed by atoms with van der Waals surface area (Å²) in [5.74, 6) is 0.838. The first-order chi connectivity index (χ1) is 9.24. The molecule has 0 aromatic carbocycles. The first kappa shape index (κ1) is 13.4. The number of rotatable bonds is 3. The highest BCUT2D eigenvalue weighted by molar-refractivity contribution is 7.15. The molecule has 0 aliphatic heterocycles. The lowest BCUT2D eigenvalue weighted by atomic mass is 9.89. The topological polar surface area (TPSA) is 36.4 Å². The van der Waals surface area contributed by atoms with Gasteiger partial charge in [-0.3, -0.25) is 0 Å². The smallest absolute Gasteiger partial charge is 0.185 e. The lowest BCUT2D eigenvalue weighted by Crippen LogP contribution is -2.26. The molecule has 3 nitrogen and oxygen atoms in total. The third-order valence-corrected chi connectivity index (χ3v) is 5.74. The van der Waals surface area contributed by atoms with Crippen LogP contribution in [0, 0.1) is 5.92 Å². The predicted molar refractivity (Wildman–Crippen MR) is 79.9 cm³/mol. The van der Waals surface area contributed by atoms with Crippen molar-refractivity contribution >= 4 is 16.5 Å². The number of thiazole rings is 1. The molecule has 106 valence electrons. The molecule has 1 aromatic rings. The van der Waals surface area contributed by atoms with Crippen molar-refractivity contribution in [1.29, 1.82) is 0 Å². The zero-order valence-corrected chi connectivity index (χ0v) is 12.6. The van der Waals surface area contributed by atoms with Crippen LogP contribution in [0.15, 0.2) is 0 Å². The lowest BCUT2D eigenvalue weighted by Gasteiger charge is -2.26. The van der Waals surface area contributed by atoms with Gasteiger partial charge in [-0.15, -0.1) is 11.3 Å². The third-order valence-electron chi connectivity index (χ3n) is 4.50. The Morgan fingerprint density at radius 1 is 1.21 bits per heavy atom. The first-order valence-electron chi connectivity index (χ1n) is 7.63. The predicted octanol–water partition coefficient (Wildman–Crippen LogP) is 3.53. The van der Waals surface area contributed by atoms with Gasteiger partial charge in [0.05, 0.1) is 11.8 Å². The summed E-state index contributed by atoms with van der Waals surface area (Å²) in [6, 6.07) is 0. The molecule has 1 unspecified atom stereocenters. The number of nitrogens with zero attached hydrogens (tertiary/aromatic N) is 2. The number of aromatic nitrogens is 1. The molecule has 4 heteroatoms. The van der Waals surface area contributed by atoms with Gasteiger partial charge >= 0.3 is 0 Å². The van der Waals surface area contributed by atoms with Crippen molar-refractivity contribution in [3.05, 3.63) is 10.6 Å². The van der Waals surface area contributed by atoms with Crippen molar-refractivity contribution in [3.63, 3.8) is 0 Å². The van der Waals surface area contributed by atoms with Gasteiger partial charge in [-0.1, -0.05) is 19.3 Å². The van der Waals surface area contributed by atoms with Crippen LogP contribution in [0.4, 0.5) is 5.13 Å². The molecule has 1 N–H and O–H groups in total. The molecule has 0 amide bonds. The maximum atomic E-state index is 10.0. The molecule has 1 heterocycles. The van der Waals surface area contributed by atoms with Crippen LogP contribution >= 0.6 is 11.3 Å². The summed E-state index contributed by atoms with van der Waals surface area (Å²) in [6.45, 7) is 1.13. The van der Waals surface area contributed by atoms with Gasteiger partial charge in [0.2, 0.25) is 0 Å². The van der Waals surface area contributed by atoms with Gasteiger partial charge in [0.1, 0.15) is 0 Å². The minimum absolute atomic E-state index is 0.322. The van der Waals surface area contributed by atoms with Crippen molar-refractivity contribution in [2.24, 2.45) is 5.92 Å². The fourth-order valence-corrected chi connectivity index (χ4v) is 4.51. The van der Waals surface area contributed by atoms with Crippen molar-refractivity contribution in [2.45, 2.75) is 57.5 Å². The number of hydrogen-bond acceptors (Lipinski definition) is 4. The van der Waals surface area contributed by atoms with E-state index in [0.29, 0.717) is 0 Å². The Kier molecular flexibility index (Phi) is 4.08. The van der Waals surface area contributed by atoms with Crippen molar-refractivity contribution in [1.82, 2.24) is 4.98 Å². The minimum Gasteiger partial charge on any atom is -0.387 e. The first-order valence-corrected chi connectivity index (χ1v) is 8.44. The van der Waals surface area contributed by atoms with Crippen molar-refractivity contribution in [3.8, 4) is 0 Å². The summed E-state index contributed by atoms with van der Waals surface area (Å²) in [7, 11) is 2.16. The molecule has 0 spiro atoms. The van der Waals surface area contributed by atoms with Gasteiger partial charge in [0.25, 0.3) is 0 Å². The molecule has 1 saturated carbocycles. The van der Waals surface area contributed by atoms with Crippen molar-refractivity contribution < 1.29 is 5.11 Å². The van der Waals surface area contributed by atoms with E-state index in [1.54, 1.807) is 11.3 Å². The third kappa shape index (κ3) is 2.95. The SMILES string of the molecule is CN(CC1CCCCC1)c1nc2c(s1)CCCC2O. The van der Waals surface area contributed by atoms with Crippen LogP contribution in [-0.4, -0.2) is 23.7 Å². The van der Waals surface area contributed by atoms with Crippen LogP contribution in [0.25, 0.3) is 0 Å². The van der Waals surface area contributed by atoms with E-state index >= 15 is 0 Å². The van der Waals surface area contributed by atoms with Gasteiger partial charge in [-0.05, 0) is 38.0 Å². The summed E-state index contributed by atoms with van der Waals surface area (Å²) in [6.07, 6.45) is 9.70. The van der Waals surface area contributed by atoms with Gasteiger partial charge in [-0.2, -0.15) is 0 Å². The van der Waals surface area contributed by atoms with Crippen LogP contribution in [0.1, 0.15) is 61.6 Å². The van der Waals surface area contributed by atoms with Gasteiger partial charge in [-0.25, -0.2) is 4.98 Å². The Labute approximate surface area is 119 Å². The average Bonchev–Trinajstić information content (AvgIpc) is 2.85. The summed E-state index contributed by atoms with van der Waals surface area (Å²) >= 11 is 1.79. The van der Waals surface area contributed by atoms with Crippen LogP contribution in [0.5, 0.6) is 0 Å². The summed E-state index contributed by atoms with van der Waals surface area (Å²) in [4.78, 5) is 8.31. The number of anilines is 1. The van der Waals surface area contributed by atoms with E-state index in [0.717, 1.165) is 42.6 Å². The number of aryl methyl sites for hydroxylation is 1. The van der Waals surface area contributed by atoms with Gasteiger partial charge in [0.15, 0.2) is 5.13 Å². The maximum Gasteiger partial charge on any atom is 0.185 e. The molecule has 3 rings (SSSR count). The van der Waals surface area contributed by atoms with Crippen LogP contribution in [0.3, 0.4) is 0 Å². The Morgan fingerprint density at radius 2 is 2.00 bits per heavy atom. The average molecular weight is 280 g/mol. The molecule has 1 aromatic heterocycles. The Balaban J connectivity index is 1.67. The number of aliphatic hydroxyl groups is 1. The van der Waals surface area contributed by atoms with E-state index in [-0.39, 0.29) is 6.10 Å². The Hall–Kier alpha value is -0.610. The zero-order chi connectivity index (χ0) is 13.2. The highest BCUT2D eigenvalue weighted by atomic mass is 32.1. The molecular formula is C15H24N2OS. The van der Waals surface area contributed by atoms with Crippen LogP contribution < -0.4 is 4.90 Å². The van der Waals surface area contributed by atoms with Crippen LogP contribution in [0.2, 0.25) is 0 Å². The van der Waals surface area contributed by atoms with E-state index in [9.17, 15) is 5.11 Å². The standard InChI is InChI=1S/C15H24N2OS/c1-17(10-11-6-3-2-4-7-11)15-16-14-12(18)8-5-9-13(14)19-15/h11-12,18H,2-10H2,1H3. The molecule has 2 aliphatic carbocycles. The van der Waals surface area contributed by atoms with E-state index < -0.39 is 0 Å². The molecule has 1 fully saturated rings. The number of fused-ring (bicyclic) bond motifs is 1. The number of hydrogen-bond donors (Lipinski definition) is 1. The van der Waals surface area contributed by atoms with E-state index in [1.807, 2.05) is 0 Å². The largest absolute Gasteiger partial charge is 0.387 e. The molecule has 0 bridgehead atoms. The fourth-order valence-electron chi connectivity index (χ4n) is 3.38. The van der Waals surface area contributed by atoms with E-state index in [2.05, 4.69) is 11.9 Å². The second kappa shape index (κ2) is 5.80. The minimum atomic E-state index is -0.322. The fraction of sp³-hybridized carbons (Fsp3) is 0.800. The Morgan fingerprint density at radius 3 is 2.74 bits per heavy atom. The highest BCUT2D eigenvalue weighted by Gasteiger charge is 2.24. The maximum absolute atomic E-state index is 10.0. The monoisotopic (exact) mass is 280 g/mol. The summed E-state index contributed by atoms with van der Waals surface area (Å²) < 4.78 is 0. The second-order valence-corrected chi connectivity index (χ2v) is 7.16. The lowest BCUT2D eigenvalue weighted by molar-refractivity contribution is 0.153. The normalized spacial score (nSPS) is 24.2. The second-order valence-electron chi connectivity index (χ2n) is 6.10. The van der Waals surface area contributed by atoms with Gasteiger partial charge < -0.3 is 10.0 Å². The molecule has 19 heavy (non-hydrogen) atoms. The van der Waals surface area contributed by atoms with Gasteiger partial charge in [0, 0.05) is 18.5 Å². The molecular weight excluding hydrogens is 256 g/mol. The van der Waals surface area contributed by atoms with E-state index in [4.69, 9.17) is 4.98 Å². The molecule has 1 atom stereocenters.